The first-order valence-electron chi connectivity index (χ1n) is 11.9. The van der Waals surface area contributed by atoms with Crippen molar-refractivity contribution in [3.8, 4) is 5.75 Å². The van der Waals surface area contributed by atoms with Crippen LogP contribution in [0.5, 0.6) is 5.75 Å². The Morgan fingerprint density at radius 2 is 1.91 bits per heavy atom. The molecule has 1 aromatic heterocycles. The van der Waals surface area contributed by atoms with E-state index in [0.717, 1.165) is 0 Å². The number of benzene rings is 2. The number of nitrogens with one attached hydrogen (secondary N) is 1. The number of rotatable bonds is 6. The molecule has 1 saturated heterocycles. The van der Waals surface area contributed by atoms with Crippen molar-refractivity contribution in [1.29, 1.82) is 0 Å². The van der Waals surface area contributed by atoms with E-state index in [1.807, 2.05) is 13.8 Å². The SMILES string of the molecule is CC.CC(=O)c1cn(CC(=O)N2CCCC2C(=O)NCc2cccc(C)c2F)c2cc(O)ccc12. The quantitative estimate of drug-likeness (QED) is 0.513. The van der Waals surface area contributed by atoms with Crippen molar-refractivity contribution in [2.75, 3.05) is 6.54 Å². The fraction of sp³-hybridized carbons (Fsp3) is 0.370. The van der Waals surface area contributed by atoms with Gasteiger partial charge in [0.05, 0.1) is 5.52 Å². The lowest BCUT2D eigenvalue weighted by Gasteiger charge is -2.24. The van der Waals surface area contributed by atoms with Crippen LogP contribution in [0.2, 0.25) is 0 Å². The number of amides is 2. The number of aromatic hydroxyl groups is 1. The summed E-state index contributed by atoms with van der Waals surface area (Å²) in [7, 11) is 0. The molecule has 1 fully saturated rings. The predicted molar refractivity (Wildman–Crippen MR) is 133 cm³/mol. The summed E-state index contributed by atoms with van der Waals surface area (Å²) in [4.78, 5) is 39.5. The number of aryl methyl sites for hydroxylation is 1. The molecule has 186 valence electrons. The van der Waals surface area contributed by atoms with Gasteiger partial charge in [-0.1, -0.05) is 32.0 Å². The maximum absolute atomic E-state index is 14.2. The van der Waals surface area contributed by atoms with E-state index in [-0.39, 0.29) is 42.3 Å². The van der Waals surface area contributed by atoms with Crippen LogP contribution in [0, 0.1) is 12.7 Å². The summed E-state index contributed by atoms with van der Waals surface area (Å²) in [6.45, 7) is 7.55. The zero-order valence-corrected chi connectivity index (χ0v) is 20.6. The topological polar surface area (TPSA) is 91.6 Å². The Bertz CT molecular complexity index is 1250. The van der Waals surface area contributed by atoms with Crippen molar-refractivity contribution in [3.05, 3.63) is 65.1 Å². The number of phenols is 1. The van der Waals surface area contributed by atoms with Gasteiger partial charge in [-0.15, -0.1) is 0 Å². The van der Waals surface area contributed by atoms with Crippen molar-refractivity contribution in [2.45, 2.75) is 59.7 Å². The van der Waals surface area contributed by atoms with E-state index in [4.69, 9.17) is 0 Å². The zero-order chi connectivity index (χ0) is 25.7. The molecule has 0 aliphatic carbocycles. The third-order valence-electron chi connectivity index (χ3n) is 6.15. The van der Waals surface area contributed by atoms with Crippen LogP contribution >= 0.6 is 0 Å². The summed E-state index contributed by atoms with van der Waals surface area (Å²) in [6.07, 6.45) is 2.82. The molecule has 2 heterocycles. The summed E-state index contributed by atoms with van der Waals surface area (Å²) >= 11 is 0. The van der Waals surface area contributed by atoms with E-state index in [1.165, 1.54) is 24.0 Å². The molecule has 1 aliphatic heterocycles. The van der Waals surface area contributed by atoms with Crippen LogP contribution in [0.15, 0.2) is 42.6 Å². The highest BCUT2D eigenvalue weighted by Crippen LogP contribution is 2.27. The summed E-state index contributed by atoms with van der Waals surface area (Å²) in [5.74, 6) is -1.03. The summed E-state index contributed by atoms with van der Waals surface area (Å²) in [5.41, 5.74) is 1.95. The number of nitrogens with zero attached hydrogens (tertiary/aromatic N) is 2. The molecule has 1 aliphatic rings. The number of ketones is 1. The molecular weight excluding hydrogens is 449 g/mol. The number of hydrogen-bond donors (Lipinski definition) is 2. The average Bonchev–Trinajstić information content (AvgIpc) is 3.47. The number of halogens is 1. The lowest BCUT2D eigenvalue weighted by molar-refractivity contribution is -0.138. The van der Waals surface area contributed by atoms with Gasteiger partial charge in [-0.2, -0.15) is 0 Å². The van der Waals surface area contributed by atoms with Crippen LogP contribution in [-0.4, -0.2) is 44.8 Å². The molecule has 35 heavy (non-hydrogen) atoms. The van der Waals surface area contributed by atoms with Crippen molar-refractivity contribution in [1.82, 2.24) is 14.8 Å². The number of Topliss-reactive ketones (excluding diaryl/α,β-unsaturated/α-hetero) is 1. The van der Waals surface area contributed by atoms with Gasteiger partial charge in [-0.25, -0.2) is 4.39 Å². The number of carbonyl (C=O) groups is 3. The largest absolute Gasteiger partial charge is 0.508 e. The Kier molecular flexibility index (Phi) is 8.27. The van der Waals surface area contributed by atoms with Gasteiger partial charge in [0.15, 0.2) is 5.78 Å². The van der Waals surface area contributed by atoms with E-state index >= 15 is 0 Å². The minimum atomic E-state index is -0.632. The van der Waals surface area contributed by atoms with Crippen LogP contribution in [0.25, 0.3) is 10.9 Å². The summed E-state index contributed by atoms with van der Waals surface area (Å²) in [6, 6.07) is 9.06. The molecule has 0 spiro atoms. The molecule has 3 aromatic rings. The van der Waals surface area contributed by atoms with Gasteiger partial charge in [0.2, 0.25) is 11.8 Å². The third kappa shape index (κ3) is 5.53. The van der Waals surface area contributed by atoms with Crippen molar-refractivity contribution >= 4 is 28.5 Å². The predicted octanol–water partition coefficient (Wildman–Crippen LogP) is 4.33. The van der Waals surface area contributed by atoms with Crippen LogP contribution in [0.4, 0.5) is 4.39 Å². The summed E-state index contributed by atoms with van der Waals surface area (Å²) in [5, 5.41) is 13.3. The summed E-state index contributed by atoms with van der Waals surface area (Å²) < 4.78 is 15.9. The number of hydrogen-bond acceptors (Lipinski definition) is 4. The Labute approximate surface area is 204 Å². The average molecular weight is 482 g/mol. The molecule has 7 nitrogen and oxygen atoms in total. The van der Waals surface area contributed by atoms with E-state index < -0.39 is 6.04 Å². The molecule has 2 aromatic carbocycles. The monoisotopic (exact) mass is 481 g/mol. The maximum atomic E-state index is 14.2. The fourth-order valence-corrected chi connectivity index (χ4v) is 4.41. The fourth-order valence-electron chi connectivity index (χ4n) is 4.41. The van der Waals surface area contributed by atoms with E-state index in [9.17, 15) is 23.9 Å². The van der Waals surface area contributed by atoms with E-state index in [2.05, 4.69) is 5.32 Å². The number of phenolic OH excluding ortho intramolecular Hbond substituents is 1. The second-order valence-corrected chi connectivity index (χ2v) is 8.44. The van der Waals surface area contributed by atoms with Gasteiger partial charge in [0, 0.05) is 41.9 Å². The standard InChI is InChI=1S/C25H26FN3O4.C2H6/c1-15-5-3-6-17(24(15)26)12-27-25(33)21-7-4-10-29(21)23(32)14-28-13-20(16(2)30)19-9-8-18(31)11-22(19)28;1-2/h3,5-6,8-9,11,13,21,31H,4,7,10,12,14H2,1-2H3,(H,27,33);1-2H3. The first-order valence-corrected chi connectivity index (χ1v) is 11.9. The molecule has 2 N–H and O–H groups in total. The highest BCUT2D eigenvalue weighted by Gasteiger charge is 2.34. The minimum Gasteiger partial charge on any atom is -0.508 e. The van der Waals surface area contributed by atoms with Gasteiger partial charge in [0.1, 0.15) is 24.2 Å². The van der Waals surface area contributed by atoms with Crippen LogP contribution in [-0.2, 0) is 22.7 Å². The molecule has 0 radical (unpaired) electrons. The Morgan fingerprint density at radius 1 is 1.17 bits per heavy atom. The molecule has 8 heteroatoms. The molecule has 1 atom stereocenters. The third-order valence-corrected chi connectivity index (χ3v) is 6.15. The Balaban J connectivity index is 0.00000167. The van der Waals surface area contributed by atoms with E-state index in [0.29, 0.717) is 47.0 Å². The highest BCUT2D eigenvalue weighted by molar-refractivity contribution is 6.07. The lowest BCUT2D eigenvalue weighted by atomic mass is 10.1. The number of likely N-dealkylation sites (tertiary alicyclic amines) is 1. The maximum Gasteiger partial charge on any atom is 0.243 e. The molecule has 2 amide bonds. The smallest absolute Gasteiger partial charge is 0.243 e. The molecule has 0 bridgehead atoms. The Hall–Kier alpha value is -3.68. The Morgan fingerprint density at radius 3 is 2.63 bits per heavy atom. The van der Waals surface area contributed by atoms with Crippen molar-refractivity contribution in [3.63, 3.8) is 0 Å². The normalized spacial score (nSPS) is 15.0. The number of aromatic nitrogens is 1. The zero-order valence-electron chi connectivity index (χ0n) is 20.6. The van der Waals surface area contributed by atoms with Gasteiger partial charge < -0.3 is 19.9 Å². The molecule has 1 unspecified atom stereocenters. The molecule has 0 saturated carbocycles. The number of carbonyl (C=O) groups excluding carboxylic acids is 3. The van der Waals surface area contributed by atoms with E-state index in [1.54, 1.807) is 42.0 Å². The second-order valence-electron chi connectivity index (χ2n) is 8.44. The minimum absolute atomic E-state index is 0.0335. The van der Waals surface area contributed by atoms with Gasteiger partial charge >= 0.3 is 0 Å². The lowest BCUT2D eigenvalue weighted by Crippen LogP contribution is -2.46. The van der Waals surface area contributed by atoms with Crippen LogP contribution in [0.3, 0.4) is 0 Å². The van der Waals surface area contributed by atoms with Gasteiger partial charge in [-0.3, -0.25) is 14.4 Å². The molecule has 4 rings (SSSR count). The number of fused-ring (bicyclic) bond motifs is 1. The van der Waals surface area contributed by atoms with Crippen molar-refractivity contribution < 1.29 is 23.9 Å². The van der Waals surface area contributed by atoms with Gasteiger partial charge in [0.25, 0.3) is 0 Å². The molecular formula is C27H32FN3O4. The van der Waals surface area contributed by atoms with Crippen LogP contribution < -0.4 is 5.32 Å². The second kappa shape index (κ2) is 11.2. The van der Waals surface area contributed by atoms with Crippen molar-refractivity contribution in [2.24, 2.45) is 0 Å². The first-order chi connectivity index (χ1) is 16.8. The first kappa shape index (κ1) is 25.9. The highest BCUT2D eigenvalue weighted by atomic mass is 19.1. The van der Waals surface area contributed by atoms with Crippen LogP contribution in [0.1, 0.15) is 55.1 Å². The van der Waals surface area contributed by atoms with Gasteiger partial charge in [-0.05, 0) is 44.4 Å².